The molecule has 2 aromatic carbocycles. The first-order chi connectivity index (χ1) is 15.4. The minimum absolute atomic E-state index is 0.0338. The van der Waals surface area contributed by atoms with Crippen LogP contribution in [0, 0.1) is 0 Å². The summed E-state index contributed by atoms with van der Waals surface area (Å²) in [6, 6.07) is 12.9. The van der Waals surface area contributed by atoms with E-state index in [4.69, 9.17) is 16.3 Å². The molecule has 1 aliphatic rings. The summed E-state index contributed by atoms with van der Waals surface area (Å²) in [4.78, 5) is 51.0. The van der Waals surface area contributed by atoms with Crippen LogP contribution in [0.25, 0.3) is 0 Å². The molecular weight excluding hydrogens is 454 g/mol. The van der Waals surface area contributed by atoms with Gasteiger partial charge in [-0.1, -0.05) is 23.7 Å². The first kappa shape index (κ1) is 23.6. The Balaban J connectivity index is 1.46. The average molecular weight is 476 g/mol. The first-order valence-corrected chi connectivity index (χ1v) is 11.3. The normalized spacial score (nSPS) is 12.8. The Bertz CT molecular complexity index is 993. The van der Waals surface area contributed by atoms with E-state index >= 15 is 0 Å². The first-order valence-electron chi connectivity index (χ1n) is 9.95. The average Bonchev–Trinajstić information content (AvgIpc) is 3.35. The van der Waals surface area contributed by atoms with Gasteiger partial charge in [0, 0.05) is 28.6 Å². The van der Waals surface area contributed by atoms with Crippen molar-refractivity contribution in [2.45, 2.75) is 17.7 Å². The number of carbonyl (C=O) groups is 4. The van der Waals surface area contributed by atoms with Gasteiger partial charge in [-0.15, -0.1) is 11.8 Å². The fourth-order valence-corrected chi connectivity index (χ4v) is 4.07. The molecule has 0 spiro atoms. The molecule has 0 radical (unpaired) electrons. The van der Waals surface area contributed by atoms with E-state index in [1.807, 2.05) is 4.90 Å². The van der Waals surface area contributed by atoms with E-state index in [0.29, 0.717) is 15.5 Å². The summed E-state index contributed by atoms with van der Waals surface area (Å²) < 4.78 is 5.06. The number of halogens is 1. The maximum absolute atomic E-state index is 12.5. The Kier molecular flexibility index (Phi) is 8.52. The van der Waals surface area contributed by atoms with Gasteiger partial charge in [-0.05, 0) is 49.2 Å². The zero-order chi connectivity index (χ0) is 22.9. The van der Waals surface area contributed by atoms with Crippen LogP contribution in [0.5, 0.6) is 0 Å². The van der Waals surface area contributed by atoms with Crippen molar-refractivity contribution in [3.05, 3.63) is 64.7 Å². The molecule has 2 aromatic rings. The number of hydrogen-bond acceptors (Lipinski definition) is 6. The van der Waals surface area contributed by atoms with Crippen molar-refractivity contribution >= 4 is 47.1 Å². The fourth-order valence-electron chi connectivity index (χ4n) is 3.00. The van der Waals surface area contributed by atoms with Crippen molar-refractivity contribution in [1.82, 2.24) is 15.8 Å². The van der Waals surface area contributed by atoms with Crippen molar-refractivity contribution in [3.63, 3.8) is 0 Å². The maximum Gasteiger partial charge on any atom is 0.339 e. The number of amides is 3. The Morgan fingerprint density at radius 3 is 2.38 bits per heavy atom. The molecule has 1 fully saturated rings. The van der Waals surface area contributed by atoms with E-state index in [1.54, 1.807) is 36.4 Å². The minimum atomic E-state index is -0.699. The van der Waals surface area contributed by atoms with Gasteiger partial charge in [0.05, 0.1) is 11.3 Å². The number of esters is 1. The van der Waals surface area contributed by atoms with Gasteiger partial charge >= 0.3 is 5.97 Å². The second kappa shape index (κ2) is 11.5. The third-order valence-corrected chi connectivity index (χ3v) is 5.98. The molecule has 0 bridgehead atoms. The zero-order valence-corrected chi connectivity index (χ0v) is 18.7. The van der Waals surface area contributed by atoms with E-state index in [1.165, 1.54) is 23.9 Å². The van der Waals surface area contributed by atoms with E-state index in [2.05, 4.69) is 10.9 Å². The van der Waals surface area contributed by atoms with Crippen LogP contribution in [0.4, 0.5) is 0 Å². The summed E-state index contributed by atoms with van der Waals surface area (Å²) in [5.74, 6) is -1.67. The molecule has 2 N–H and O–H groups in total. The molecule has 1 heterocycles. The molecule has 168 valence electrons. The van der Waals surface area contributed by atoms with Crippen molar-refractivity contribution in [2.75, 3.05) is 25.4 Å². The van der Waals surface area contributed by atoms with Crippen molar-refractivity contribution in [1.29, 1.82) is 0 Å². The number of benzene rings is 2. The van der Waals surface area contributed by atoms with Gasteiger partial charge in [0.1, 0.15) is 0 Å². The van der Waals surface area contributed by atoms with E-state index in [-0.39, 0.29) is 17.2 Å². The Labute approximate surface area is 194 Å². The SMILES string of the molecule is O=C(COC(=O)c1ccccc1SCC(=O)N1CCCC1)NNC(=O)c1ccc(Cl)cc1. The summed E-state index contributed by atoms with van der Waals surface area (Å²) in [6.07, 6.45) is 2.03. The van der Waals surface area contributed by atoms with Crippen molar-refractivity contribution in [2.24, 2.45) is 0 Å². The van der Waals surface area contributed by atoms with Gasteiger partial charge in [0.2, 0.25) is 5.91 Å². The van der Waals surface area contributed by atoms with Crippen molar-refractivity contribution in [3.8, 4) is 0 Å². The quantitative estimate of drug-likeness (QED) is 0.362. The van der Waals surface area contributed by atoms with Gasteiger partial charge in [0.25, 0.3) is 11.8 Å². The van der Waals surface area contributed by atoms with Crippen LogP contribution < -0.4 is 10.9 Å². The number of rotatable bonds is 7. The minimum Gasteiger partial charge on any atom is -0.452 e. The Morgan fingerprint density at radius 1 is 0.969 bits per heavy atom. The lowest BCUT2D eigenvalue weighted by Crippen LogP contribution is -2.43. The molecule has 0 unspecified atom stereocenters. The molecule has 3 rings (SSSR count). The standard InChI is InChI=1S/C22H22ClN3O5S/c23-16-9-7-15(8-10-16)21(29)25-24-19(27)13-31-22(30)17-5-1-2-6-18(17)32-14-20(28)26-11-3-4-12-26/h1-2,5-10H,3-4,11-14H2,(H,24,27)(H,25,29). The molecule has 10 heteroatoms. The summed E-state index contributed by atoms with van der Waals surface area (Å²) in [5.41, 5.74) is 4.99. The fraction of sp³-hybridized carbons (Fsp3) is 0.273. The third-order valence-electron chi connectivity index (χ3n) is 4.67. The third kappa shape index (κ3) is 6.73. The number of likely N-dealkylation sites (tertiary alicyclic amines) is 1. The second-order valence-corrected chi connectivity index (χ2v) is 8.41. The largest absolute Gasteiger partial charge is 0.452 e. The van der Waals surface area contributed by atoms with Crippen molar-refractivity contribution < 1.29 is 23.9 Å². The van der Waals surface area contributed by atoms with Crippen LogP contribution in [0.1, 0.15) is 33.6 Å². The molecule has 32 heavy (non-hydrogen) atoms. The highest BCUT2D eigenvalue weighted by atomic mass is 35.5. The number of hydrogen-bond donors (Lipinski definition) is 2. The predicted molar refractivity (Wildman–Crippen MR) is 120 cm³/mol. The van der Waals surface area contributed by atoms with E-state index in [0.717, 1.165) is 25.9 Å². The number of nitrogens with one attached hydrogen (secondary N) is 2. The monoisotopic (exact) mass is 475 g/mol. The van der Waals surface area contributed by atoms with Crippen LogP contribution >= 0.6 is 23.4 Å². The number of hydrazine groups is 1. The molecule has 0 saturated carbocycles. The highest BCUT2D eigenvalue weighted by Crippen LogP contribution is 2.24. The Morgan fingerprint density at radius 2 is 1.66 bits per heavy atom. The molecule has 3 amide bonds. The van der Waals surface area contributed by atoms with Gasteiger partial charge in [-0.3, -0.25) is 25.2 Å². The van der Waals surface area contributed by atoms with Crippen LogP contribution in [0.2, 0.25) is 5.02 Å². The molecule has 0 aliphatic carbocycles. The summed E-state index contributed by atoms with van der Waals surface area (Å²) in [7, 11) is 0. The van der Waals surface area contributed by atoms with Crippen LogP contribution in [0.3, 0.4) is 0 Å². The molecule has 1 saturated heterocycles. The van der Waals surface area contributed by atoms with Gasteiger partial charge in [-0.2, -0.15) is 0 Å². The maximum atomic E-state index is 12.5. The number of ether oxygens (including phenoxy) is 1. The summed E-state index contributed by atoms with van der Waals surface area (Å²) >= 11 is 7.03. The number of carbonyl (C=O) groups excluding carboxylic acids is 4. The number of thioether (sulfide) groups is 1. The second-order valence-electron chi connectivity index (χ2n) is 6.96. The molecule has 8 nitrogen and oxygen atoms in total. The smallest absolute Gasteiger partial charge is 0.339 e. The lowest BCUT2D eigenvalue weighted by Gasteiger charge is -2.15. The van der Waals surface area contributed by atoms with E-state index in [9.17, 15) is 19.2 Å². The molecule has 0 aromatic heterocycles. The zero-order valence-electron chi connectivity index (χ0n) is 17.1. The van der Waals surface area contributed by atoms with Gasteiger partial charge in [0.15, 0.2) is 6.61 Å². The Hall–Kier alpha value is -3.04. The highest BCUT2D eigenvalue weighted by molar-refractivity contribution is 8.00. The van der Waals surface area contributed by atoms with Crippen LogP contribution in [-0.4, -0.2) is 54.0 Å². The lowest BCUT2D eigenvalue weighted by molar-refractivity contribution is -0.127. The van der Waals surface area contributed by atoms with Gasteiger partial charge < -0.3 is 9.64 Å². The van der Waals surface area contributed by atoms with Crippen LogP contribution in [0.15, 0.2) is 53.4 Å². The molecule has 0 atom stereocenters. The highest BCUT2D eigenvalue weighted by Gasteiger charge is 2.20. The topological polar surface area (TPSA) is 105 Å². The molecular formula is C22H22ClN3O5S. The summed E-state index contributed by atoms with van der Waals surface area (Å²) in [6.45, 7) is 0.963. The number of nitrogens with zero attached hydrogens (tertiary/aromatic N) is 1. The van der Waals surface area contributed by atoms with E-state index < -0.39 is 24.4 Å². The van der Waals surface area contributed by atoms with Crippen LogP contribution in [-0.2, 0) is 14.3 Å². The lowest BCUT2D eigenvalue weighted by atomic mass is 10.2. The predicted octanol–water partition coefficient (Wildman–Crippen LogP) is 2.67. The molecule has 1 aliphatic heterocycles. The summed E-state index contributed by atoms with van der Waals surface area (Å²) in [5, 5.41) is 0.483. The van der Waals surface area contributed by atoms with Gasteiger partial charge in [-0.25, -0.2) is 4.79 Å².